The Labute approximate surface area is 118 Å². The summed E-state index contributed by atoms with van der Waals surface area (Å²) in [6, 6.07) is 22.5. The van der Waals surface area contributed by atoms with E-state index >= 15 is 0 Å². The zero-order valence-corrected chi connectivity index (χ0v) is 11.2. The lowest BCUT2D eigenvalue weighted by Crippen LogP contribution is -1.85. The maximum absolute atomic E-state index is 2.43. The molecule has 3 aromatic carbocycles. The van der Waals surface area contributed by atoms with Crippen molar-refractivity contribution >= 4 is 0 Å². The molecule has 0 atom stereocenters. The van der Waals surface area contributed by atoms with Crippen LogP contribution < -0.4 is 0 Å². The van der Waals surface area contributed by atoms with Gasteiger partial charge in [-0.1, -0.05) is 48.5 Å². The van der Waals surface area contributed by atoms with Crippen molar-refractivity contribution < 1.29 is 0 Å². The molecule has 20 heavy (non-hydrogen) atoms. The van der Waals surface area contributed by atoms with Crippen LogP contribution in [0, 0.1) is 0 Å². The van der Waals surface area contributed by atoms with Crippen molar-refractivity contribution in [2.24, 2.45) is 0 Å². The molecule has 0 unspecified atom stereocenters. The van der Waals surface area contributed by atoms with Crippen LogP contribution in [0.15, 0.2) is 60.7 Å². The molecule has 94 valence electrons. The Morgan fingerprint density at radius 1 is 0.450 bits per heavy atom. The first kappa shape index (κ1) is 10.4. The van der Waals surface area contributed by atoms with Crippen LogP contribution in [0.3, 0.4) is 0 Å². The molecular formula is C20H14. The number of hydrogen-bond donors (Lipinski definition) is 0. The number of rotatable bonds is 0. The quantitative estimate of drug-likeness (QED) is 0.371. The summed E-state index contributed by atoms with van der Waals surface area (Å²) in [5, 5.41) is 0. The smallest absolute Gasteiger partial charge is 0.00132 e. The van der Waals surface area contributed by atoms with Crippen LogP contribution in [0.2, 0.25) is 0 Å². The van der Waals surface area contributed by atoms with Crippen molar-refractivity contribution in [1.29, 1.82) is 0 Å². The number of benzene rings is 3. The van der Waals surface area contributed by atoms with Crippen LogP contribution >= 0.6 is 0 Å². The molecule has 0 bridgehead atoms. The highest BCUT2D eigenvalue weighted by Crippen LogP contribution is 2.44. The van der Waals surface area contributed by atoms with E-state index in [-0.39, 0.29) is 0 Å². The normalized spacial score (nSPS) is 13.6. The van der Waals surface area contributed by atoms with Crippen molar-refractivity contribution in [2.75, 3.05) is 0 Å². The van der Waals surface area contributed by atoms with Gasteiger partial charge in [-0.3, -0.25) is 0 Å². The van der Waals surface area contributed by atoms with Gasteiger partial charge in [-0.25, -0.2) is 0 Å². The Morgan fingerprint density at radius 2 is 0.900 bits per heavy atom. The lowest BCUT2D eigenvalue weighted by atomic mass is 9.98. The highest BCUT2D eigenvalue weighted by molar-refractivity contribution is 5.85. The minimum atomic E-state index is 1.08. The monoisotopic (exact) mass is 254 g/mol. The molecular weight excluding hydrogens is 240 g/mol. The van der Waals surface area contributed by atoms with E-state index in [9.17, 15) is 0 Å². The molecule has 0 fully saturated rings. The molecule has 0 aliphatic heterocycles. The summed E-state index contributed by atoms with van der Waals surface area (Å²) >= 11 is 0. The lowest BCUT2D eigenvalue weighted by molar-refractivity contribution is 1.24. The molecule has 0 spiro atoms. The molecule has 0 amide bonds. The van der Waals surface area contributed by atoms with Crippen LogP contribution in [0.4, 0.5) is 0 Å². The Hall–Kier alpha value is -2.34. The average Bonchev–Trinajstić information content (AvgIpc) is 3.02. The zero-order valence-electron chi connectivity index (χ0n) is 11.2. The van der Waals surface area contributed by atoms with Crippen molar-refractivity contribution in [2.45, 2.75) is 12.8 Å². The fourth-order valence-electron chi connectivity index (χ4n) is 3.77. The van der Waals surface area contributed by atoms with E-state index < -0.39 is 0 Å². The third-order valence-corrected chi connectivity index (χ3v) is 4.71. The van der Waals surface area contributed by atoms with Crippen molar-refractivity contribution in [1.82, 2.24) is 0 Å². The first-order valence-electron chi connectivity index (χ1n) is 7.22. The third kappa shape index (κ3) is 1.26. The summed E-state index contributed by atoms with van der Waals surface area (Å²) < 4.78 is 0. The minimum absolute atomic E-state index is 1.08. The zero-order chi connectivity index (χ0) is 13.1. The number of fused-ring (bicyclic) bond motifs is 6. The summed E-state index contributed by atoms with van der Waals surface area (Å²) in [5.74, 6) is 0. The summed E-state index contributed by atoms with van der Waals surface area (Å²) in [7, 11) is 0. The van der Waals surface area contributed by atoms with E-state index in [1.807, 2.05) is 0 Å². The van der Waals surface area contributed by atoms with Crippen LogP contribution in [-0.4, -0.2) is 0 Å². The minimum Gasteiger partial charge on any atom is -0.0619 e. The van der Waals surface area contributed by atoms with E-state index in [4.69, 9.17) is 0 Å². The molecule has 0 heterocycles. The van der Waals surface area contributed by atoms with Gasteiger partial charge in [-0.2, -0.15) is 0 Å². The fraction of sp³-hybridized carbons (Fsp3) is 0.100. The Kier molecular flexibility index (Phi) is 1.88. The van der Waals surface area contributed by atoms with E-state index in [2.05, 4.69) is 60.7 Å². The molecule has 2 aliphatic carbocycles. The van der Waals surface area contributed by atoms with Crippen molar-refractivity contribution in [3.05, 3.63) is 82.9 Å². The standard InChI is InChI=1S/C20H14/c1-3-7-17-13(5-1)9-15-11-20-16(12-19(15)17)10-14-6-2-4-8-18(14)20/h1-8,11-12H,9-10H2. The van der Waals surface area contributed by atoms with Gasteiger partial charge in [0.1, 0.15) is 0 Å². The largest absolute Gasteiger partial charge is 0.0619 e. The Morgan fingerprint density at radius 3 is 1.40 bits per heavy atom. The SMILES string of the molecule is c1ccc2c(c1)Cc1cc3c(cc1-2)Cc1ccccc1-3. The molecule has 3 aromatic rings. The van der Waals surface area contributed by atoms with Crippen LogP contribution in [0.25, 0.3) is 22.3 Å². The average molecular weight is 254 g/mol. The second-order valence-electron chi connectivity index (χ2n) is 5.83. The van der Waals surface area contributed by atoms with Crippen LogP contribution in [-0.2, 0) is 12.8 Å². The molecule has 0 saturated carbocycles. The van der Waals surface area contributed by atoms with Gasteiger partial charge in [-0.15, -0.1) is 0 Å². The summed E-state index contributed by atoms with van der Waals surface area (Å²) in [4.78, 5) is 0. The molecule has 0 saturated heterocycles. The third-order valence-electron chi connectivity index (χ3n) is 4.71. The maximum atomic E-state index is 2.43. The summed E-state index contributed by atoms with van der Waals surface area (Å²) in [6.45, 7) is 0. The van der Waals surface area contributed by atoms with Gasteiger partial charge < -0.3 is 0 Å². The fourth-order valence-corrected chi connectivity index (χ4v) is 3.77. The molecule has 0 aromatic heterocycles. The lowest BCUT2D eigenvalue weighted by Gasteiger charge is -2.06. The van der Waals surface area contributed by atoms with Crippen LogP contribution in [0.1, 0.15) is 22.3 Å². The van der Waals surface area contributed by atoms with E-state index in [1.165, 1.54) is 44.5 Å². The van der Waals surface area contributed by atoms with Gasteiger partial charge in [-0.05, 0) is 69.5 Å². The summed E-state index contributed by atoms with van der Waals surface area (Å²) in [5.41, 5.74) is 11.7. The maximum Gasteiger partial charge on any atom is -0.00132 e. The van der Waals surface area contributed by atoms with Crippen molar-refractivity contribution in [3.8, 4) is 22.3 Å². The highest BCUT2D eigenvalue weighted by Gasteiger charge is 2.24. The van der Waals surface area contributed by atoms with Gasteiger partial charge in [0, 0.05) is 0 Å². The van der Waals surface area contributed by atoms with Gasteiger partial charge in [0.15, 0.2) is 0 Å². The van der Waals surface area contributed by atoms with Gasteiger partial charge in [0.2, 0.25) is 0 Å². The number of hydrogen-bond acceptors (Lipinski definition) is 0. The summed E-state index contributed by atoms with van der Waals surface area (Å²) in [6.07, 6.45) is 2.17. The Bertz CT molecular complexity index is 782. The molecule has 0 heteroatoms. The predicted octanol–water partition coefficient (Wildman–Crippen LogP) is 4.83. The van der Waals surface area contributed by atoms with Crippen LogP contribution in [0.5, 0.6) is 0 Å². The second-order valence-corrected chi connectivity index (χ2v) is 5.83. The molecule has 5 rings (SSSR count). The first-order valence-corrected chi connectivity index (χ1v) is 7.22. The topological polar surface area (TPSA) is 0 Å². The molecule has 0 N–H and O–H groups in total. The van der Waals surface area contributed by atoms with Gasteiger partial charge in [0.05, 0.1) is 0 Å². The highest BCUT2D eigenvalue weighted by atomic mass is 14.3. The van der Waals surface area contributed by atoms with E-state index in [1.54, 1.807) is 0 Å². The van der Waals surface area contributed by atoms with E-state index in [0.717, 1.165) is 12.8 Å². The first-order chi connectivity index (χ1) is 9.90. The molecule has 0 nitrogen and oxygen atoms in total. The molecule has 0 radical (unpaired) electrons. The second kappa shape index (κ2) is 3.61. The predicted molar refractivity (Wildman–Crippen MR) is 82.9 cm³/mol. The van der Waals surface area contributed by atoms with E-state index in [0.29, 0.717) is 0 Å². The Balaban J connectivity index is 1.76. The van der Waals surface area contributed by atoms with Gasteiger partial charge >= 0.3 is 0 Å². The molecule has 2 aliphatic rings. The van der Waals surface area contributed by atoms with Gasteiger partial charge in [0.25, 0.3) is 0 Å². The van der Waals surface area contributed by atoms with Crippen molar-refractivity contribution in [3.63, 3.8) is 0 Å².